The van der Waals surface area contributed by atoms with Crippen LogP contribution in [0.2, 0.25) is 0 Å². The largest absolute Gasteiger partial charge is 0.339 e. The van der Waals surface area contributed by atoms with Crippen LogP contribution >= 0.6 is 11.8 Å². The van der Waals surface area contributed by atoms with Crippen molar-refractivity contribution < 1.29 is 0 Å². The zero-order valence-electron chi connectivity index (χ0n) is 10.5. The fourth-order valence-electron chi connectivity index (χ4n) is 1.55. The van der Waals surface area contributed by atoms with Crippen LogP contribution in [0.4, 0.5) is 0 Å². The van der Waals surface area contributed by atoms with Crippen LogP contribution < -0.4 is 16.9 Å². The summed E-state index contributed by atoms with van der Waals surface area (Å²) >= 11 is 1.31. The van der Waals surface area contributed by atoms with Gasteiger partial charge in [-0.25, -0.2) is 0 Å². The van der Waals surface area contributed by atoms with Crippen LogP contribution in [-0.2, 0) is 14.1 Å². The lowest BCUT2D eigenvalue weighted by Gasteiger charge is -2.13. The van der Waals surface area contributed by atoms with E-state index in [1.807, 2.05) is 13.2 Å². The van der Waals surface area contributed by atoms with E-state index in [2.05, 4.69) is 15.2 Å². The summed E-state index contributed by atoms with van der Waals surface area (Å²) in [4.78, 5) is 26.1. The minimum absolute atomic E-state index is 0.0855. The molecule has 3 N–H and O–H groups in total. The average molecular weight is 282 g/mol. The summed E-state index contributed by atoms with van der Waals surface area (Å²) in [6.07, 6.45) is 3.57. The molecular formula is C10H14N6O2S. The first-order valence-electron chi connectivity index (χ1n) is 5.54. The number of nitrogens with zero attached hydrogens (tertiary/aromatic N) is 4. The highest BCUT2D eigenvalue weighted by atomic mass is 32.2. The number of hydrogen-bond donors (Lipinski definition) is 2. The third-order valence-corrected chi connectivity index (χ3v) is 3.83. The maximum absolute atomic E-state index is 11.3. The van der Waals surface area contributed by atoms with Crippen LogP contribution in [0.25, 0.3) is 0 Å². The van der Waals surface area contributed by atoms with Crippen LogP contribution in [0.5, 0.6) is 0 Å². The van der Waals surface area contributed by atoms with Gasteiger partial charge < -0.3 is 5.73 Å². The molecule has 0 aliphatic carbocycles. The molecule has 0 bridgehead atoms. The highest BCUT2D eigenvalue weighted by molar-refractivity contribution is 7.99. The van der Waals surface area contributed by atoms with Crippen LogP contribution in [0.1, 0.15) is 10.8 Å². The summed E-state index contributed by atoms with van der Waals surface area (Å²) in [5.74, 6) is 0. The lowest BCUT2D eigenvalue weighted by Crippen LogP contribution is -2.34. The fourth-order valence-corrected chi connectivity index (χ4v) is 2.50. The first-order chi connectivity index (χ1) is 9.01. The predicted molar refractivity (Wildman–Crippen MR) is 71.0 cm³/mol. The second-order valence-corrected chi connectivity index (χ2v) is 5.16. The Morgan fingerprint density at radius 2 is 2.21 bits per heavy atom. The zero-order chi connectivity index (χ0) is 14.0. The number of thioether (sulfide) groups is 1. The molecule has 102 valence electrons. The normalized spacial score (nSPS) is 12.6. The van der Waals surface area contributed by atoms with Gasteiger partial charge in [-0.3, -0.25) is 24.1 Å². The summed E-state index contributed by atoms with van der Waals surface area (Å²) in [5, 5.41) is 6.80. The van der Waals surface area contributed by atoms with Crippen molar-refractivity contribution in [2.75, 3.05) is 6.54 Å². The van der Waals surface area contributed by atoms with Gasteiger partial charge in [-0.1, -0.05) is 11.8 Å². The van der Waals surface area contributed by atoms with E-state index in [0.717, 1.165) is 5.56 Å². The summed E-state index contributed by atoms with van der Waals surface area (Å²) in [5.41, 5.74) is 5.13. The number of hydrogen-bond acceptors (Lipinski definition) is 6. The molecule has 0 aliphatic rings. The van der Waals surface area contributed by atoms with E-state index in [4.69, 9.17) is 5.73 Å². The third-order valence-electron chi connectivity index (χ3n) is 2.51. The van der Waals surface area contributed by atoms with Gasteiger partial charge in [-0.2, -0.15) is 10.1 Å². The first kappa shape index (κ1) is 13.6. The molecule has 0 saturated heterocycles. The van der Waals surface area contributed by atoms with Gasteiger partial charge in [0.05, 0.1) is 11.4 Å². The number of nitrogens with two attached hydrogens (primary N) is 1. The van der Waals surface area contributed by atoms with E-state index in [0.29, 0.717) is 11.7 Å². The SMILES string of the molecule is Cn1cc(C(CN)Sc2nc(=O)c(=O)[nH]n2C)cn1. The van der Waals surface area contributed by atoms with Crippen molar-refractivity contribution in [3.8, 4) is 0 Å². The minimum atomic E-state index is -0.803. The molecular weight excluding hydrogens is 268 g/mol. The van der Waals surface area contributed by atoms with Crippen LogP contribution in [0.3, 0.4) is 0 Å². The molecule has 2 aromatic rings. The molecule has 9 heteroatoms. The summed E-state index contributed by atoms with van der Waals surface area (Å²) in [6.45, 7) is 0.366. The van der Waals surface area contributed by atoms with E-state index in [1.54, 1.807) is 17.9 Å². The van der Waals surface area contributed by atoms with Crippen molar-refractivity contribution in [2.45, 2.75) is 10.4 Å². The van der Waals surface area contributed by atoms with Gasteiger partial charge in [0.2, 0.25) is 0 Å². The second-order valence-electron chi connectivity index (χ2n) is 3.99. The van der Waals surface area contributed by atoms with Gasteiger partial charge in [0.15, 0.2) is 5.16 Å². The van der Waals surface area contributed by atoms with E-state index in [1.165, 1.54) is 16.4 Å². The average Bonchev–Trinajstić information content (AvgIpc) is 2.78. The quantitative estimate of drug-likeness (QED) is 0.549. The Balaban J connectivity index is 2.31. The second kappa shape index (κ2) is 5.41. The predicted octanol–water partition coefficient (Wildman–Crippen LogP) is -1.01. The number of rotatable bonds is 4. The lowest BCUT2D eigenvalue weighted by atomic mass is 10.2. The summed E-state index contributed by atoms with van der Waals surface area (Å²) in [6, 6.07) is 0. The highest BCUT2D eigenvalue weighted by Gasteiger charge is 2.16. The van der Waals surface area contributed by atoms with Gasteiger partial charge in [0, 0.05) is 32.4 Å². The monoisotopic (exact) mass is 282 g/mol. The van der Waals surface area contributed by atoms with E-state index >= 15 is 0 Å². The van der Waals surface area contributed by atoms with Gasteiger partial charge in [-0.15, -0.1) is 0 Å². The molecule has 0 amide bonds. The van der Waals surface area contributed by atoms with Crippen molar-refractivity contribution in [3.05, 3.63) is 38.7 Å². The molecule has 19 heavy (non-hydrogen) atoms. The molecule has 0 radical (unpaired) electrons. The lowest BCUT2D eigenvalue weighted by molar-refractivity contribution is 0.595. The maximum Gasteiger partial charge on any atom is 0.339 e. The molecule has 0 fully saturated rings. The Morgan fingerprint density at radius 1 is 1.47 bits per heavy atom. The Labute approximate surface area is 112 Å². The zero-order valence-corrected chi connectivity index (χ0v) is 11.3. The molecule has 0 spiro atoms. The molecule has 1 unspecified atom stereocenters. The Bertz CT molecular complexity index is 688. The number of H-pyrrole nitrogens is 1. The van der Waals surface area contributed by atoms with Crippen molar-refractivity contribution in [1.82, 2.24) is 24.5 Å². The van der Waals surface area contributed by atoms with Crippen LogP contribution in [0.15, 0.2) is 27.1 Å². The Hall–Kier alpha value is -1.87. The number of nitrogens with one attached hydrogen (secondary N) is 1. The number of aromatic amines is 1. The molecule has 2 rings (SSSR count). The molecule has 2 aromatic heterocycles. The maximum atomic E-state index is 11.3. The first-order valence-corrected chi connectivity index (χ1v) is 6.42. The van der Waals surface area contributed by atoms with Gasteiger partial charge in [0.25, 0.3) is 0 Å². The molecule has 8 nitrogen and oxygen atoms in total. The molecule has 0 aliphatic heterocycles. The van der Waals surface area contributed by atoms with Gasteiger partial charge in [-0.05, 0) is 0 Å². The molecule has 2 heterocycles. The highest BCUT2D eigenvalue weighted by Crippen LogP contribution is 2.31. The molecule has 0 saturated carbocycles. The van der Waals surface area contributed by atoms with E-state index in [9.17, 15) is 9.59 Å². The minimum Gasteiger partial charge on any atom is -0.329 e. The number of aromatic nitrogens is 5. The molecule has 1 atom stereocenters. The third kappa shape index (κ3) is 2.93. The van der Waals surface area contributed by atoms with Crippen LogP contribution in [0, 0.1) is 0 Å². The number of aryl methyl sites for hydroxylation is 2. The smallest absolute Gasteiger partial charge is 0.329 e. The summed E-state index contributed by atoms with van der Waals surface area (Å²) < 4.78 is 3.09. The van der Waals surface area contributed by atoms with Crippen molar-refractivity contribution in [1.29, 1.82) is 0 Å². The van der Waals surface area contributed by atoms with Crippen LogP contribution in [-0.4, -0.2) is 31.1 Å². The topological polar surface area (TPSA) is 112 Å². The van der Waals surface area contributed by atoms with Gasteiger partial charge >= 0.3 is 11.1 Å². The standard InChI is InChI=1S/C10H14N6O2S/c1-15-5-6(4-12-15)7(3-11)19-10-13-8(17)9(18)14-16(10)2/h4-5,7H,3,11H2,1-2H3,(H,14,18). The summed E-state index contributed by atoms with van der Waals surface area (Å²) in [7, 11) is 3.43. The van der Waals surface area contributed by atoms with E-state index < -0.39 is 11.1 Å². The van der Waals surface area contributed by atoms with Gasteiger partial charge in [0.1, 0.15) is 0 Å². The van der Waals surface area contributed by atoms with E-state index in [-0.39, 0.29) is 5.25 Å². The van der Waals surface area contributed by atoms with Crippen molar-refractivity contribution >= 4 is 11.8 Å². The Kier molecular flexibility index (Phi) is 3.86. The van der Waals surface area contributed by atoms with Crippen molar-refractivity contribution in [2.24, 2.45) is 19.8 Å². The Morgan fingerprint density at radius 3 is 2.79 bits per heavy atom. The molecule has 0 aromatic carbocycles. The fraction of sp³-hybridized carbons (Fsp3) is 0.400. The van der Waals surface area contributed by atoms with Crippen molar-refractivity contribution in [3.63, 3.8) is 0 Å².